The van der Waals surface area contributed by atoms with E-state index in [1.165, 1.54) is 12.1 Å². The molecule has 2 aromatic carbocycles. The predicted octanol–water partition coefficient (Wildman–Crippen LogP) is 4.63. The van der Waals surface area contributed by atoms with Crippen molar-refractivity contribution in [2.75, 3.05) is 5.32 Å². The molecular weight excluding hydrogens is 293 g/mol. The van der Waals surface area contributed by atoms with E-state index >= 15 is 0 Å². The van der Waals surface area contributed by atoms with E-state index in [1.54, 1.807) is 0 Å². The lowest BCUT2D eigenvalue weighted by atomic mass is 10.1. The molecule has 18 heavy (non-hydrogen) atoms. The summed E-state index contributed by atoms with van der Waals surface area (Å²) in [7, 11) is 0. The van der Waals surface area contributed by atoms with Crippen LogP contribution in [0.5, 0.6) is 0 Å². The molecule has 0 fully saturated rings. The van der Waals surface area contributed by atoms with Gasteiger partial charge in [-0.1, -0.05) is 24.3 Å². The minimum Gasteiger partial charge on any atom is -0.381 e. The summed E-state index contributed by atoms with van der Waals surface area (Å²) in [6, 6.07) is 15.0. The molecule has 1 nitrogen and oxygen atoms in total. The van der Waals surface area contributed by atoms with Crippen LogP contribution in [0.2, 0.25) is 0 Å². The van der Waals surface area contributed by atoms with E-state index in [0.717, 1.165) is 22.1 Å². The van der Waals surface area contributed by atoms with Gasteiger partial charge in [-0.2, -0.15) is 0 Å². The number of anilines is 1. The number of hydrogen-bond donors (Lipinski definition) is 1. The lowest BCUT2D eigenvalue weighted by Gasteiger charge is -2.16. The van der Waals surface area contributed by atoms with Gasteiger partial charge in [-0.3, -0.25) is 0 Å². The zero-order valence-corrected chi connectivity index (χ0v) is 11.7. The molecule has 0 aliphatic heterocycles. The molecule has 2 rings (SSSR count). The minimum absolute atomic E-state index is 0.190. The summed E-state index contributed by atoms with van der Waals surface area (Å²) in [6.07, 6.45) is 0.863. The lowest BCUT2D eigenvalue weighted by Crippen LogP contribution is -2.18. The molecule has 0 spiro atoms. The van der Waals surface area contributed by atoms with Crippen molar-refractivity contribution >= 4 is 21.6 Å². The molecule has 0 saturated carbocycles. The van der Waals surface area contributed by atoms with Gasteiger partial charge in [-0.15, -0.1) is 0 Å². The average molecular weight is 308 g/mol. The highest BCUT2D eigenvalue weighted by molar-refractivity contribution is 9.10. The van der Waals surface area contributed by atoms with Crippen LogP contribution in [-0.2, 0) is 6.42 Å². The second-order valence-corrected chi connectivity index (χ2v) is 5.21. The van der Waals surface area contributed by atoms with Gasteiger partial charge in [-0.05, 0) is 59.1 Å². The molecule has 1 N–H and O–H groups in total. The van der Waals surface area contributed by atoms with Crippen LogP contribution < -0.4 is 5.32 Å². The van der Waals surface area contributed by atoms with E-state index in [2.05, 4.69) is 28.2 Å². The van der Waals surface area contributed by atoms with Crippen LogP contribution in [0.1, 0.15) is 12.5 Å². The van der Waals surface area contributed by atoms with Crippen molar-refractivity contribution in [1.29, 1.82) is 0 Å². The van der Waals surface area contributed by atoms with Gasteiger partial charge in [0.05, 0.1) is 0 Å². The normalized spacial score (nSPS) is 12.2. The second-order valence-electron chi connectivity index (χ2n) is 4.36. The fraction of sp³-hybridized carbons (Fsp3) is 0.200. The average Bonchev–Trinajstić information content (AvgIpc) is 2.35. The van der Waals surface area contributed by atoms with Crippen molar-refractivity contribution in [3.63, 3.8) is 0 Å². The van der Waals surface area contributed by atoms with Gasteiger partial charge in [0, 0.05) is 16.2 Å². The Kier molecular flexibility index (Phi) is 4.37. The third-order valence-electron chi connectivity index (χ3n) is 2.73. The summed E-state index contributed by atoms with van der Waals surface area (Å²) >= 11 is 3.51. The van der Waals surface area contributed by atoms with E-state index in [9.17, 15) is 4.39 Å². The maximum atomic E-state index is 12.8. The number of benzene rings is 2. The molecule has 94 valence electrons. The van der Waals surface area contributed by atoms with Crippen molar-refractivity contribution < 1.29 is 4.39 Å². The first-order chi connectivity index (χ1) is 8.65. The van der Waals surface area contributed by atoms with Crippen molar-refractivity contribution in [2.24, 2.45) is 0 Å². The Balaban J connectivity index is 1.99. The van der Waals surface area contributed by atoms with Crippen molar-refractivity contribution in [2.45, 2.75) is 19.4 Å². The maximum absolute atomic E-state index is 12.8. The van der Waals surface area contributed by atoms with E-state index in [-0.39, 0.29) is 11.9 Å². The number of rotatable bonds is 4. The van der Waals surface area contributed by atoms with Gasteiger partial charge in [0.15, 0.2) is 0 Å². The quantitative estimate of drug-likeness (QED) is 0.868. The molecule has 0 radical (unpaired) electrons. The zero-order chi connectivity index (χ0) is 13.0. The molecule has 0 bridgehead atoms. The molecule has 3 heteroatoms. The molecule has 0 saturated heterocycles. The van der Waals surface area contributed by atoms with Gasteiger partial charge < -0.3 is 5.32 Å². The number of para-hydroxylation sites is 1. The molecule has 2 aromatic rings. The highest BCUT2D eigenvalue weighted by atomic mass is 79.9. The fourth-order valence-electron chi connectivity index (χ4n) is 1.87. The summed E-state index contributed by atoms with van der Waals surface area (Å²) < 4.78 is 13.9. The van der Waals surface area contributed by atoms with E-state index in [4.69, 9.17) is 0 Å². The van der Waals surface area contributed by atoms with E-state index in [0.29, 0.717) is 0 Å². The molecule has 0 aliphatic carbocycles. The van der Waals surface area contributed by atoms with Crippen LogP contribution in [0.25, 0.3) is 0 Å². The summed E-state index contributed by atoms with van der Waals surface area (Å²) in [4.78, 5) is 0. The van der Waals surface area contributed by atoms with Crippen LogP contribution in [-0.4, -0.2) is 6.04 Å². The molecule has 0 aromatic heterocycles. The van der Waals surface area contributed by atoms with E-state index < -0.39 is 0 Å². The topological polar surface area (TPSA) is 12.0 Å². The number of nitrogens with one attached hydrogen (secondary N) is 1. The van der Waals surface area contributed by atoms with Gasteiger partial charge >= 0.3 is 0 Å². The summed E-state index contributed by atoms with van der Waals surface area (Å²) in [5, 5.41) is 3.43. The lowest BCUT2D eigenvalue weighted by molar-refractivity contribution is 0.626. The van der Waals surface area contributed by atoms with Crippen LogP contribution in [0.3, 0.4) is 0 Å². The van der Waals surface area contributed by atoms with Gasteiger partial charge in [0.2, 0.25) is 0 Å². The molecule has 0 aliphatic rings. The Morgan fingerprint density at radius 3 is 2.44 bits per heavy atom. The van der Waals surface area contributed by atoms with E-state index in [1.807, 2.05) is 36.4 Å². The molecule has 0 heterocycles. The molecule has 0 amide bonds. The third kappa shape index (κ3) is 3.57. The number of halogens is 2. The van der Waals surface area contributed by atoms with Gasteiger partial charge in [0.1, 0.15) is 5.82 Å². The minimum atomic E-state index is -0.190. The molecular formula is C15H15BrFN. The van der Waals surface area contributed by atoms with Crippen LogP contribution in [0.4, 0.5) is 10.1 Å². The maximum Gasteiger partial charge on any atom is 0.123 e. The van der Waals surface area contributed by atoms with Crippen LogP contribution >= 0.6 is 15.9 Å². The largest absolute Gasteiger partial charge is 0.381 e. The Hall–Kier alpha value is -1.35. The second kappa shape index (κ2) is 6.01. The first kappa shape index (κ1) is 13.1. The Bertz CT molecular complexity index is 510. The monoisotopic (exact) mass is 307 g/mol. The van der Waals surface area contributed by atoms with Crippen molar-refractivity contribution in [3.05, 3.63) is 64.4 Å². The summed E-state index contributed by atoms with van der Waals surface area (Å²) in [5.41, 5.74) is 2.20. The molecule has 1 unspecified atom stereocenters. The highest BCUT2D eigenvalue weighted by Crippen LogP contribution is 2.22. The van der Waals surface area contributed by atoms with Crippen LogP contribution in [0, 0.1) is 5.82 Å². The van der Waals surface area contributed by atoms with Gasteiger partial charge in [0.25, 0.3) is 0 Å². The van der Waals surface area contributed by atoms with Gasteiger partial charge in [-0.25, -0.2) is 4.39 Å². The Morgan fingerprint density at radius 2 is 1.78 bits per heavy atom. The summed E-state index contributed by atoms with van der Waals surface area (Å²) in [6.45, 7) is 2.11. The molecule has 1 atom stereocenters. The van der Waals surface area contributed by atoms with Crippen LogP contribution in [0.15, 0.2) is 53.0 Å². The zero-order valence-electron chi connectivity index (χ0n) is 10.2. The fourth-order valence-corrected chi connectivity index (χ4v) is 2.27. The first-order valence-corrected chi connectivity index (χ1v) is 6.70. The summed E-state index contributed by atoms with van der Waals surface area (Å²) in [5.74, 6) is -0.190. The number of hydrogen-bond acceptors (Lipinski definition) is 1. The third-order valence-corrected chi connectivity index (χ3v) is 3.42. The highest BCUT2D eigenvalue weighted by Gasteiger charge is 2.05. The predicted molar refractivity (Wildman–Crippen MR) is 77.3 cm³/mol. The smallest absolute Gasteiger partial charge is 0.123 e. The first-order valence-electron chi connectivity index (χ1n) is 5.90. The Morgan fingerprint density at radius 1 is 1.11 bits per heavy atom. The Labute approximate surface area is 115 Å². The van der Waals surface area contributed by atoms with Crippen molar-refractivity contribution in [3.8, 4) is 0 Å². The standard InChI is InChI=1S/C15H15BrFN/c1-11(10-12-6-8-13(17)9-7-12)18-15-5-3-2-4-14(15)16/h2-9,11,18H,10H2,1H3. The van der Waals surface area contributed by atoms with Crippen molar-refractivity contribution in [1.82, 2.24) is 0 Å². The SMILES string of the molecule is CC(Cc1ccc(F)cc1)Nc1ccccc1Br.